The number of rotatable bonds is 5. The molecule has 0 unspecified atom stereocenters. The number of carbonyl (C=O) groups is 1. The summed E-state index contributed by atoms with van der Waals surface area (Å²) in [4.78, 5) is 12.1. The van der Waals surface area contributed by atoms with Crippen LogP contribution in [0.5, 0.6) is 5.75 Å². The van der Waals surface area contributed by atoms with Gasteiger partial charge in [0.2, 0.25) is 5.91 Å². The average Bonchev–Trinajstić information content (AvgIpc) is 3.19. The van der Waals surface area contributed by atoms with Gasteiger partial charge in [0.1, 0.15) is 5.75 Å². The second-order valence-electron chi connectivity index (χ2n) is 4.96. The van der Waals surface area contributed by atoms with Crippen molar-refractivity contribution in [3.63, 3.8) is 0 Å². The predicted molar refractivity (Wildman–Crippen MR) is 70.3 cm³/mol. The van der Waals surface area contributed by atoms with Crippen molar-refractivity contribution >= 4 is 5.91 Å². The summed E-state index contributed by atoms with van der Waals surface area (Å²) in [6, 6.07) is 7.70. The van der Waals surface area contributed by atoms with Gasteiger partial charge in [-0.15, -0.1) is 0 Å². The van der Waals surface area contributed by atoms with E-state index in [0.717, 1.165) is 24.2 Å². The number of nitrogens with one attached hydrogen (secondary N) is 1. The Morgan fingerprint density at radius 3 is 2.83 bits per heavy atom. The molecule has 0 radical (unpaired) electrons. The largest absolute Gasteiger partial charge is 0.497 e. The number of amides is 1. The Morgan fingerprint density at radius 1 is 1.56 bits per heavy atom. The zero-order valence-electron chi connectivity index (χ0n) is 10.9. The minimum absolute atomic E-state index is 0.0309. The molecule has 0 saturated heterocycles. The van der Waals surface area contributed by atoms with Gasteiger partial charge in [0.05, 0.1) is 18.6 Å². The van der Waals surface area contributed by atoms with E-state index in [2.05, 4.69) is 5.32 Å². The van der Waals surface area contributed by atoms with E-state index in [4.69, 9.17) is 10.5 Å². The average molecular weight is 248 g/mol. The molecule has 1 saturated carbocycles. The zero-order valence-corrected chi connectivity index (χ0v) is 10.9. The molecule has 0 heterocycles. The molecule has 1 aliphatic rings. The lowest BCUT2D eigenvalue weighted by Gasteiger charge is -2.19. The fourth-order valence-corrected chi connectivity index (χ4v) is 2.02. The Kier molecular flexibility index (Phi) is 3.57. The highest BCUT2D eigenvalue weighted by molar-refractivity contribution is 5.85. The third kappa shape index (κ3) is 2.48. The van der Waals surface area contributed by atoms with Crippen LogP contribution in [0.1, 0.15) is 31.4 Å². The van der Waals surface area contributed by atoms with Crippen LogP contribution in [0.2, 0.25) is 0 Å². The van der Waals surface area contributed by atoms with Gasteiger partial charge in [-0.05, 0) is 37.5 Å². The molecule has 1 amide bonds. The fourth-order valence-electron chi connectivity index (χ4n) is 2.02. The van der Waals surface area contributed by atoms with Crippen molar-refractivity contribution in [1.82, 2.24) is 5.32 Å². The Hall–Kier alpha value is -1.55. The van der Waals surface area contributed by atoms with Crippen LogP contribution in [0.25, 0.3) is 0 Å². The topological polar surface area (TPSA) is 64.3 Å². The van der Waals surface area contributed by atoms with Gasteiger partial charge in [-0.25, -0.2) is 0 Å². The summed E-state index contributed by atoms with van der Waals surface area (Å²) in [7, 11) is 1.63. The summed E-state index contributed by atoms with van der Waals surface area (Å²) in [6.45, 7) is 2.41. The molecule has 0 aliphatic heterocycles. The fraction of sp³-hybridized carbons (Fsp3) is 0.500. The third-order valence-corrected chi connectivity index (χ3v) is 3.67. The predicted octanol–water partition coefficient (Wildman–Crippen LogP) is 1.61. The molecule has 18 heavy (non-hydrogen) atoms. The molecule has 4 nitrogen and oxygen atoms in total. The third-order valence-electron chi connectivity index (χ3n) is 3.67. The molecule has 3 N–H and O–H groups in total. The normalized spacial score (nSPS) is 17.9. The van der Waals surface area contributed by atoms with E-state index < -0.39 is 0 Å². The summed E-state index contributed by atoms with van der Waals surface area (Å²) >= 11 is 0. The van der Waals surface area contributed by atoms with Gasteiger partial charge in [0, 0.05) is 6.54 Å². The number of nitrogens with two attached hydrogens (primary N) is 1. The molecule has 1 fully saturated rings. The lowest BCUT2D eigenvalue weighted by molar-refractivity contribution is -0.126. The second kappa shape index (κ2) is 4.98. The van der Waals surface area contributed by atoms with Crippen molar-refractivity contribution in [2.45, 2.75) is 25.8 Å². The molecule has 0 spiro atoms. The number of methoxy groups -OCH3 is 1. The lowest BCUT2D eigenvalue weighted by atomic mass is 10.0. The monoisotopic (exact) mass is 248 g/mol. The van der Waals surface area contributed by atoms with Gasteiger partial charge < -0.3 is 15.8 Å². The molecule has 4 heteroatoms. The van der Waals surface area contributed by atoms with Crippen LogP contribution in [-0.4, -0.2) is 19.6 Å². The molecule has 98 valence electrons. The van der Waals surface area contributed by atoms with Gasteiger partial charge in [0.15, 0.2) is 0 Å². The molecule has 1 aliphatic carbocycles. The van der Waals surface area contributed by atoms with Crippen molar-refractivity contribution in [3.05, 3.63) is 29.8 Å². The summed E-state index contributed by atoms with van der Waals surface area (Å²) in [5.74, 6) is 0.869. The first-order valence-corrected chi connectivity index (χ1v) is 6.26. The Bertz CT molecular complexity index is 441. The minimum Gasteiger partial charge on any atom is -0.497 e. The maximum Gasteiger partial charge on any atom is 0.227 e. The van der Waals surface area contributed by atoms with E-state index in [1.807, 2.05) is 31.2 Å². The first-order valence-electron chi connectivity index (χ1n) is 6.26. The number of ether oxygens (including phenoxy) is 1. The highest BCUT2D eigenvalue weighted by Crippen LogP contribution is 2.45. The van der Waals surface area contributed by atoms with Gasteiger partial charge in [-0.3, -0.25) is 4.79 Å². The smallest absolute Gasteiger partial charge is 0.227 e. The van der Waals surface area contributed by atoms with Gasteiger partial charge in [-0.2, -0.15) is 0 Å². The summed E-state index contributed by atoms with van der Waals surface area (Å²) < 4.78 is 5.18. The summed E-state index contributed by atoms with van der Waals surface area (Å²) in [5.41, 5.74) is 6.39. The Labute approximate surface area is 108 Å². The van der Waals surface area contributed by atoms with Crippen LogP contribution >= 0.6 is 0 Å². The van der Waals surface area contributed by atoms with Gasteiger partial charge >= 0.3 is 0 Å². The van der Waals surface area contributed by atoms with Gasteiger partial charge in [-0.1, -0.05) is 12.1 Å². The van der Waals surface area contributed by atoms with E-state index in [0.29, 0.717) is 6.54 Å². The molecule has 2 rings (SSSR count). The maximum absolute atomic E-state index is 12.1. The zero-order chi connectivity index (χ0) is 13.2. The first-order chi connectivity index (χ1) is 8.61. The number of benzene rings is 1. The van der Waals surface area contributed by atoms with Crippen LogP contribution in [-0.2, 0) is 4.79 Å². The second-order valence-corrected chi connectivity index (χ2v) is 4.96. The molecular weight excluding hydrogens is 228 g/mol. The lowest BCUT2D eigenvalue weighted by Crippen LogP contribution is -2.37. The number of carbonyl (C=O) groups excluding carboxylic acids is 1. The van der Waals surface area contributed by atoms with Crippen LogP contribution < -0.4 is 15.8 Å². The summed E-state index contributed by atoms with van der Waals surface area (Å²) in [6.07, 6.45) is 1.81. The highest BCUT2D eigenvalue weighted by atomic mass is 16.5. The molecule has 0 bridgehead atoms. The summed E-state index contributed by atoms with van der Waals surface area (Å²) in [5, 5.41) is 3.03. The van der Waals surface area contributed by atoms with Crippen molar-refractivity contribution in [2.24, 2.45) is 11.1 Å². The van der Waals surface area contributed by atoms with Crippen LogP contribution in [0.4, 0.5) is 0 Å². The van der Waals surface area contributed by atoms with Crippen LogP contribution in [0.3, 0.4) is 0 Å². The Balaban J connectivity index is 2.03. The molecular formula is C14H20N2O2. The van der Waals surface area contributed by atoms with E-state index in [-0.39, 0.29) is 17.4 Å². The van der Waals surface area contributed by atoms with Crippen LogP contribution in [0.15, 0.2) is 24.3 Å². The SMILES string of the molecule is COc1cccc([C@@H](C)NC(=O)C2(CN)CC2)c1. The van der Waals surface area contributed by atoms with Crippen LogP contribution in [0, 0.1) is 5.41 Å². The van der Waals surface area contributed by atoms with Crippen molar-refractivity contribution in [1.29, 1.82) is 0 Å². The molecule has 0 aromatic heterocycles. The van der Waals surface area contributed by atoms with E-state index in [9.17, 15) is 4.79 Å². The van der Waals surface area contributed by atoms with E-state index in [1.54, 1.807) is 7.11 Å². The highest BCUT2D eigenvalue weighted by Gasteiger charge is 2.48. The minimum atomic E-state index is -0.298. The van der Waals surface area contributed by atoms with Crippen molar-refractivity contribution in [2.75, 3.05) is 13.7 Å². The maximum atomic E-state index is 12.1. The van der Waals surface area contributed by atoms with E-state index >= 15 is 0 Å². The standard InChI is InChI=1S/C14H20N2O2/c1-10(11-4-3-5-12(8-11)18-2)16-13(17)14(9-15)6-7-14/h3-5,8,10H,6-7,9,15H2,1-2H3,(H,16,17)/t10-/m1/s1. The van der Waals surface area contributed by atoms with Crippen molar-refractivity contribution in [3.8, 4) is 5.75 Å². The van der Waals surface area contributed by atoms with E-state index in [1.165, 1.54) is 0 Å². The molecule has 1 atom stereocenters. The number of hydrogen-bond acceptors (Lipinski definition) is 3. The number of hydrogen-bond donors (Lipinski definition) is 2. The molecule has 1 aromatic carbocycles. The quantitative estimate of drug-likeness (QED) is 0.832. The molecule has 1 aromatic rings. The van der Waals surface area contributed by atoms with Crippen molar-refractivity contribution < 1.29 is 9.53 Å². The van der Waals surface area contributed by atoms with Gasteiger partial charge in [0.25, 0.3) is 0 Å². The first kappa shape index (κ1) is 12.9. The Morgan fingerprint density at radius 2 is 2.28 bits per heavy atom.